The normalized spacial score (nSPS) is 12.5. The topological polar surface area (TPSA) is 44.9 Å². The van der Waals surface area contributed by atoms with Gasteiger partial charge >= 0.3 is 0 Å². The van der Waals surface area contributed by atoms with Gasteiger partial charge in [-0.1, -0.05) is 91.8 Å². The molecule has 1 unspecified atom stereocenters. The van der Waals surface area contributed by atoms with Gasteiger partial charge in [0.2, 0.25) is 0 Å². The Kier molecular flexibility index (Phi) is 10.5. The summed E-state index contributed by atoms with van der Waals surface area (Å²) in [6.07, 6.45) is 10.3. The Bertz CT molecular complexity index is 2330. The first kappa shape index (κ1) is 36.2. The van der Waals surface area contributed by atoms with Gasteiger partial charge < -0.3 is 4.74 Å². The maximum Gasteiger partial charge on any atom is 0.137 e. The number of para-hydroxylation sites is 1. The summed E-state index contributed by atoms with van der Waals surface area (Å²) in [6.45, 7) is 18.2. The number of rotatable bonds is 13. The van der Waals surface area contributed by atoms with E-state index >= 15 is 0 Å². The van der Waals surface area contributed by atoms with E-state index in [1.165, 1.54) is 38.6 Å². The molecular formula is C48H54N4O. The predicted molar refractivity (Wildman–Crippen MR) is 222 cm³/mol. The fraction of sp³-hybridized carbons (Fsp3) is 0.333. The second-order valence-electron chi connectivity index (χ2n) is 16.1. The molecular weight excluding hydrogens is 649 g/mol. The number of ether oxygens (including phenoxy) is 1. The standard InChI is InChI=1S/C48H54N4O/c1-9-34(8)38-25-40(51-30-39(29-50-51)48-36(22-32(4)5)13-12-14-37(48)23-33(6)7)27-42(26-38)53-41-17-18-44-43-15-10-11-16-45(43)52(46(44)28-41)47-24-35(19-20-49-47)21-31(2)3/h10-20,24-34H,9,21-23H2,1-8H3. The third-order valence-electron chi connectivity index (χ3n) is 10.3. The molecule has 7 rings (SSSR count). The van der Waals surface area contributed by atoms with E-state index in [-0.39, 0.29) is 0 Å². The number of aromatic nitrogens is 4. The molecule has 0 fully saturated rings. The van der Waals surface area contributed by atoms with Crippen LogP contribution in [-0.2, 0) is 19.3 Å². The summed E-state index contributed by atoms with van der Waals surface area (Å²) in [5.74, 6) is 4.58. The van der Waals surface area contributed by atoms with Gasteiger partial charge in [0.1, 0.15) is 17.3 Å². The van der Waals surface area contributed by atoms with Gasteiger partial charge in [0.15, 0.2) is 0 Å². The Morgan fingerprint density at radius 3 is 2.09 bits per heavy atom. The molecule has 5 nitrogen and oxygen atoms in total. The van der Waals surface area contributed by atoms with Crippen LogP contribution in [0.3, 0.4) is 0 Å². The van der Waals surface area contributed by atoms with Gasteiger partial charge in [-0.25, -0.2) is 9.67 Å². The van der Waals surface area contributed by atoms with Crippen molar-refractivity contribution in [2.45, 2.75) is 87.0 Å². The smallest absolute Gasteiger partial charge is 0.137 e. The third-order valence-corrected chi connectivity index (χ3v) is 10.3. The van der Waals surface area contributed by atoms with Crippen LogP contribution in [0.15, 0.2) is 110 Å². The highest BCUT2D eigenvalue weighted by atomic mass is 16.5. The molecule has 7 aromatic rings. The van der Waals surface area contributed by atoms with Gasteiger partial charge in [0.25, 0.3) is 0 Å². The maximum atomic E-state index is 6.79. The van der Waals surface area contributed by atoms with Crippen LogP contribution in [0, 0.1) is 17.8 Å². The molecule has 0 saturated heterocycles. The van der Waals surface area contributed by atoms with Crippen LogP contribution < -0.4 is 4.74 Å². The van der Waals surface area contributed by atoms with Crippen molar-refractivity contribution in [3.63, 3.8) is 0 Å². The number of benzene rings is 4. The first-order chi connectivity index (χ1) is 25.6. The minimum absolute atomic E-state index is 0.367. The first-order valence-electron chi connectivity index (χ1n) is 19.5. The van der Waals surface area contributed by atoms with Crippen LogP contribution in [0.25, 0.3) is 44.4 Å². The van der Waals surface area contributed by atoms with Crippen molar-refractivity contribution in [2.75, 3.05) is 0 Å². The summed E-state index contributed by atoms with van der Waals surface area (Å²) in [4.78, 5) is 4.86. The molecule has 0 saturated carbocycles. The summed E-state index contributed by atoms with van der Waals surface area (Å²) in [5, 5.41) is 7.34. The Labute approximate surface area is 315 Å². The van der Waals surface area contributed by atoms with Crippen molar-refractivity contribution in [3.05, 3.63) is 132 Å². The molecule has 0 bridgehead atoms. The van der Waals surface area contributed by atoms with Crippen LogP contribution in [0.5, 0.6) is 11.5 Å². The molecule has 0 N–H and O–H groups in total. The second-order valence-corrected chi connectivity index (χ2v) is 16.1. The molecule has 1 atom stereocenters. The lowest BCUT2D eigenvalue weighted by Gasteiger charge is -2.17. The zero-order chi connectivity index (χ0) is 37.2. The van der Waals surface area contributed by atoms with Crippen LogP contribution in [-0.4, -0.2) is 19.3 Å². The van der Waals surface area contributed by atoms with Crippen molar-refractivity contribution >= 4 is 21.8 Å². The van der Waals surface area contributed by atoms with E-state index in [2.05, 4.69) is 157 Å². The summed E-state index contributed by atoms with van der Waals surface area (Å²) >= 11 is 0. The fourth-order valence-corrected chi connectivity index (χ4v) is 7.73. The van der Waals surface area contributed by atoms with E-state index < -0.39 is 0 Å². The van der Waals surface area contributed by atoms with Gasteiger partial charge in [0.05, 0.1) is 22.9 Å². The maximum absolute atomic E-state index is 6.79. The minimum atomic E-state index is 0.367. The lowest BCUT2D eigenvalue weighted by molar-refractivity contribution is 0.481. The molecule has 53 heavy (non-hydrogen) atoms. The molecule has 0 radical (unpaired) electrons. The number of hydrogen-bond acceptors (Lipinski definition) is 3. The van der Waals surface area contributed by atoms with Gasteiger partial charge in [-0.2, -0.15) is 5.10 Å². The van der Waals surface area contributed by atoms with E-state index in [4.69, 9.17) is 14.8 Å². The Hall–Kier alpha value is -5.16. The highest BCUT2D eigenvalue weighted by Crippen LogP contribution is 2.37. The molecule has 0 aliphatic rings. The van der Waals surface area contributed by atoms with Crippen LogP contribution in [0.1, 0.15) is 90.0 Å². The fourth-order valence-electron chi connectivity index (χ4n) is 7.73. The minimum Gasteiger partial charge on any atom is -0.457 e. The predicted octanol–water partition coefficient (Wildman–Crippen LogP) is 12.9. The van der Waals surface area contributed by atoms with Gasteiger partial charge in [-0.05, 0) is 120 Å². The highest BCUT2D eigenvalue weighted by molar-refractivity contribution is 6.09. The van der Waals surface area contributed by atoms with E-state index in [9.17, 15) is 0 Å². The molecule has 3 aromatic heterocycles. The van der Waals surface area contributed by atoms with Gasteiger partial charge in [-0.15, -0.1) is 0 Å². The Morgan fingerprint density at radius 2 is 1.38 bits per heavy atom. The van der Waals surface area contributed by atoms with Gasteiger partial charge in [0, 0.05) is 40.9 Å². The molecule has 0 spiro atoms. The average Bonchev–Trinajstić information content (AvgIpc) is 3.74. The molecule has 3 heterocycles. The number of pyridine rings is 1. The molecule has 0 aliphatic carbocycles. The summed E-state index contributed by atoms with van der Waals surface area (Å²) in [7, 11) is 0. The zero-order valence-electron chi connectivity index (χ0n) is 32.7. The van der Waals surface area contributed by atoms with Crippen LogP contribution >= 0.6 is 0 Å². The number of hydrogen-bond donors (Lipinski definition) is 0. The second kappa shape index (κ2) is 15.4. The summed E-state index contributed by atoms with van der Waals surface area (Å²) in [6, 6.07) is 32.8. The summed E-state index contributed by atoms with van der Waals surface area (Å²) < 4.78 is 11.1. The largest absolute Gasteiger partial charge is 0.457 e. The van der Waals surface area contributed by atoms with E-state index in [1.807, 2.05) is 17.1 Å². The van der Waals surface area contributed by atoms with Crippen molar-refractivity contribution in [2.24, 2.45) is 17.8 Å². The molecule has 0 aliphatic heterocycles. The number of fused-ring (bicyclic) bond motifs is 3. The molecule has 5 heteroatoms. The third kappa shape index (κ3) is 7.81. The SMILES string of the molecule is CCC(C)c1cc(Oc2ccc3c4ccccc4n(-c4cc(CC(C)C)ccn4)c3c2)cc(-n2cc(-c3c(CC(C)C)cccc3CC(C)C)cn2)c1. The van der Waals surface area contributed by atoms with Crippen LogP contribution in [0.4, 0.5) is 0 Å². The first-order valence-corrected chi connectivity index (χ1v) is 19.5. The molecule has 272 valence electrons. The van der Waals surface area contributed by atoms with E-state index in [0.717, 1.165) is 65.3 Å². The number of nitrogens with zero attached hydrogens (tertiary/aromatic N) is 4. The molecule has 0 amide bonds. The monoisotopic (exact) mass is 702 g/mol. The zero-order valence-corrected chi connectivity index (χ0v) is 32.7. The van der Waals surface area contributed by atoms with Crippen LogP contribution in [0.2, 0.25) is 0 Å². The quantitative estimate of drug-likeness (QED) is 0.120. The van der Waals surface area contributed by atoms with Crippen molar-refractivity contribution in [1.29, 1.82) is 0 Å². The average molecular weight is 703 g/mol. The van der Waals surface area contributed by atoms with Crippen molar-refractivity contribution < 1.29 is 4.74 Å². The lowest BCUT2D eigenvalue weighted by Crippen LogP contribution is -2.03. The Morgan fingerprint density at radius 1 is 0.660 bits per heavy atom. The van der Waals surface area contributed by atoms with E-state index in [0.29, 0.717) is 23.7 Å². The lowest BCUT2D eigenvalue weighted by atomic mass is 9.88. The molecule has 4 aromatic carbocycles. The van der Waals surface area contributed by atoms with E-state index in [1.54, 1.807) is 0 Å². The Balaban J connectivity index is 1.29. The van der Waals surface area contributed by atoms with Crippen molar-refractivity contribution in [1.82, 2.24) is 19.3 Å². The van der Waals surface area contributed by atoms with Gasteiger partial charge in [-0.3, -0.25) is 4.57 Å². The highest BCUT2D eigenvalue weighted by Gasteiger charge is 2.18. The summed E-state index contributed by atoms with van der Waals surface area (Å²) in [5.41, 5.74) is 11.0. The van der Waals surface area contributed by atoms with Crippen molar-refractivity contribution in [3.8, 4) is 34.1 Å².